The van der Waals surface area contributed by atoms with E-state index in [0.717, 1.165) is 0 Å². The first-order valence-corrected chi connectivity index (χ1v) is 3.66. The van der Waals surface area contributed by atoms with E-state index in [1.807, 2.05) is 0 Å². The molecule has 0 saturated carbocycles. The van der Waals surface area contributed by atoms with Gasteiger partial charge < -0.3 is 14.2 Å². The molecule has 1 aromatic carbocycles. The fraction of sp³-hybridized carbons (Fsp3) is 0.222. The zero-order valence-electron chi connectivity index (χ0n) is 7.44. The molecule has 0 aromatic heterocycles. The number of methoxy groups -OCH3 is 2. The summed E-state index contributed by atoms with van der Waals surface area (Å²) in [5.41, 5.74) is 0. The van der Waals surface area contributed by atoms with Gasteiger partial charge in [0.1, 0.15) is 11.5 Å². The van der Waals surface area contributed by atoms with Crippen LogP contribution in [0.15, 0.2) is 24.3 Å². The highest BCUT2D eigenvalue weighted by Crippen LogP contribution is 2.18. The molecule has 0 atom stereocenters. The highest BCUT2D eigenvalue weighted by Gasteiger charge is 2.03. The Balaban J connectivity index is 2.71. The second-order valence-electron chi connectivity index (χ2n) is 2.24. The first kappa shape index (κ1) is 9.38. The lowest BCUT2D eigenvalue weighted by atomic mass is 10.3. The average Bonchev–Trinajstić information content (AvgIpc) is 2.18. The number of hydrogen-bond acceptors (Lipinski definition) is 4. The Hall–Kier alpha value is -1.71. The fourth-order valence-electron chi connectivity index (χ4n) is 0.803. The molecule has 0 N–H and O–H groups in total. The molecule has 0 unspecified atom stereocenters. The molecular weight excluding hydrogens is 172 g/mol. The maximum absolute atomic E-state index is 10.7. The van der Waals surface area contributed by atoms with Gasteiger partial charge >= 0.3 is 6.16 Å². The van der Waals surface area contributed by atoms with Crippen LogP contribution in [0.3, 0.4) is 0 Å². The third kappa shape index (κ3) is 2.66. The Kier molecular flexibility index (Phi) is 3.14. The summed E-state index contributed by atoms with van der Waals surface area (Å²) < 4.78 is 14.0. The van der Waals surface area contributed by atoms with Gasteiger partial charge in [-0.1, -0.05) is 6.07 Å². The van der Waals surface area contributed by atoms with Crippen molar-refractivity contribution in [2.45, 2.75) is 0 Å². The van der Waals surface area contributed by atoms with Crippen molar-refractivity contribution in [3.05, 3.63) is 24.3 Å². The highest BCUT2D eigenvalue weighted by molar-refractivity contribution is 5.63. The van der Waals surface area contributed by atoms with Crippen molar-refractivity contribution >= 4 is 6.16 Å². The molecular formula is C9H10O4. The second kappa shape index (κ2) is 4.35. The van der Waals surface area contributed by atoms with Crippen molar-refractivity contribution in [1.82, 2.24) is 0 Å². The van der Waals surface area contributed by atoms with Crippen molar-refractivity contribution in [1.29, 1.82) is 0 Å². The lowest BCUT2D eigenvalue weighted by Gasteiger charge is -2.03. The summed E-state index contributed by atoms with van der Waals surface area (Å²) in [5, 5.41) is 0. The lowest BCUT2D eigenvalue weighted by Crippen LogP contribution is -2.07. The van der Waals surface area contributed by atoms with Crippen LogP contribution < -0.4 is 9.47 Å². The van der Waals surface area contributed by atoms with Crippen LogP contribution in [0, 0.1) is 0 Å². The van der Waals surface area contributed by atoms with Crippen LogP contribution in [-0.4, -0.2) is 20.4 Å². The molecule has 0 radical (unpaired) electrons. The van der Waals surface area contributed by atoms with Gasteiger partial charge in [-0.2, -0.15) is 0 Å². The molecule has 0 saturated heterocycles. The van der Waals surface area contributed by atoms with Gasteiger partial charge in [-0.05, 0) is 12.1 Å². The summed E-state index contributed by atoms with van der Waals surface area (Å²) in [5.74, 6) is 1.02. The molecule has 1 rings (SSSR count). The van der Waals surface area contributed by atoms with Crippen LogP contribution in [0.5, 0.6) is 11.5 Å². The van der Waals surface area contributed by atoms with Gasteiger partial charge in [-0.25, -0.2) is 4.79 Å². The Labute approximate surface area is 76.0 Å². The van der Waals surface area contributed by atoms with E-state index in [-0.39, 0.29) is 0 Å². The predicted octanol–water partition coefficient (Wildman–Crippen LogP) is 1.84. The molecule has 0 bridgehead atoms. The average molecular weight is 182 g/mol. The topological polar surface area (TPSA) is 44.8 Å². The number of carbonyl (C=O) groups is 1. The SMILES string of the molecule is COC(=O)Oc1cccc(OC)c1. The number of benzene rings is 1. The molecule has 1 aromatic rings. The van der Waals surface area contributed by atoms with Gasteiger partial charge in [0, 0.05) is 6.07 Å². The molecule has 0 amide bonds. The number of hydrogen-bond donors (Lipinski definition) is 0. The number of ether oxygens (including phenoxy) is 3. The Morgan fingerprint density at radius 1 is 1.23 bits per heavy atom. The van der Waals surface area contributed by atoms with E-state index in [1.54, 1.807) is 24.3 Å². The minimum atomic E-state index is -0.742. The van der Waals surface area contributed by atoms with E-state index in [9.17, 15) is 4.79 Å². The zero-order chi connectivity index (χ0) is 9.68. The van der Waals surface area contributed by atoms with Crippen LogP contribution in [0.25, 0.3) is 0 Å². The summed E-state index contributed by atoms with van der Waals surface area (Å²) in [6.07, 6.45) is -0.742. The molecule has 0 heterocycles. The smallest absolute Gasteiger partial charge is 0.497 e. The molecule has 0 aliphatic heterocycles. The van der Waals surface area contributed by atoms with Crippen LogP contribution in [0.4, 0.5) is 4.79 Å². The molecule has 13 heavy (non-hydrogen) atoms. The van der Waals surface area contributed by atoms with Crippen molar-refractivity contribution in [3.63, 3.8) is 0 Å². The lowest BCUT2D eigenvalue weighted by molar-refractivity contribution is 0.121. The molecule has 0 fully saturated rings. The van der Waals surface area contributed by atoms with E-state index < -0.39 is 6.16 Å². The van der Waals surface area contributed by atoms with E-state index in [0.29, 0.717) is 11.5 Å². The third-order valence-electron chi connectivity index (χ3n) is 1.41. The minimum Gasteiger partial charge on any atom is -0.497 e. The molecule has 0 aliphatic carbocycles. The Bertz CT molecular complexity index is 295. The normalized spacial score (nSPS) is 9.08. The molecule has 0 spiro atoms. The Morgan fingerprint density at radius 2 is 1.92 bits per heavy atom. The minimum absolute atomic E-state index is 0.395. The Morgan fingerprint density at radius 3 is 2.54 bits per heavy atom. The number of rotatable bonds is 2. The molecule has 4 nitrogen and oxygen atoms in total. The van der Waals surface area contributed by atoms with E-state index >= 15 is 0 Å². The summed E-state index contributed by atoms with van der Waals surface area (Å²) in [4.78, 5) is 10.7. The maximum Gasteiger partial charge on any atom is 0.513 e. The molecule has 4 heteroatoms. The van der Waals surface area contributed by atoms with Gasteiger partial charge in [0.25, 0.3) is 0 Å². The fourth-order valence-corrected chi connectivity index (χ4v) is 0.803. The summed E-state index contributed by atoms with van der Waals surface area (Å²) in [7, 11) is 2.79. The molecule has 70 valence electrons. The number of carbonyl (C=O) groups excluding carboxylic acids is 1. The highest BCUT2D eigenvalue weighted by atomic mass is 16.7. The largest absolute Gasteiger partial charge is 0.513 e. The van der Waals surface area contributed by atoms with Crippen molar-refractivity contribution in [2.24, 2.45) is 0 Å². The van der Waals surface area contributed by atoms with Gasteiger partial charge in [-0.3, -0.25) is 0 Å². The van der Waals surface area contributed by atoms with Crippen LogP contribution >= 0.6 is 0 Å². The maximum atomic E-state index is 10.7. The van der Waals surface area contributed by atoms with E-state index in [2.05, 4.69) is 4.74 Å². The van der Waals surface area contributed by atoms with Gasteiger partial charge in [-0.15, -0.1) is 0 Å². The summed E-state index contributed by atoms with van der Waals surface area (Å²) in [6, 6.07) is 6.71. The van der Waals surface area contributed by atoms with Gasteiger partial charge in [0.15, 0.2) is 0 Å². The van der Waals surface area contributed by atoms with Gasteiger partial charge in [0.05, 0.1) is 14.2 Å². The standard InChI is InChI=1S/C9H10O4/c1-11-7-4-3-5-8(6-7)13-9(10)12-2/h3-6H,1-2H3. The zero-order valence-corrected chi connectivity index (χ0v) is 7.44. The summed E-state index contributed by atoms with van der Waals surface area (Å²) >= 11 is 0. The predicted molar refractivity (Wildman–Crippen MR) is 46.0 cm³/mol. The van der Waals surface area contributed by atoms with Gasteiger partial charge in [0.2, 0.25) is 0 Å². The third-order valence-corrected chi connectivity index (χ3v) is 1.41. The summed E-state index contributed by atoms with van der Waals surface area (Å²) in [6.45, 7) is 0. The van der Waals surface area contributed by atoms with Crippen molar-refractivity contribution in [2.75, 3.05) is 14.2 Å². The second-order valence-corrected chi connectivity index (χ2v) is 2.24. The first-order valence-electron chi connectivity index (χ1n) is 3.66. The van der Waals surface area contributed by atoms with E-state index in [4.69, 9.17) is 9.47 Å². The first-order chi connectivity index (χ1) is 6.26. The van der Waals surface area contributed by atoms with E-state index in [1.165, 1.54) is 14.2 Å². The molecule has 0 aliphatic rings. The van der Waals surface area contributed by atoms with Crippen molar-refractivity contribution in [3.8, 4) is 11.5 Å². The monoisotopic (exact) mass is 182 g/mol. The van der Waals surface area contributed by atoms with Crippen LogP contribution in [-0.2, 0) is 4.74 Å². The van der Waals surface area contributed by atoms with Crippen molar-refractivity contribution < 1.29 is 19.0 Å². The van der Waals surface area contributed by atoms with Crippen LogP contribution in [0.1, 0.15) is 0 Å². The van der Waals surface area contributed by atoms with Crippen LogP contribution in [0.2, 0.25) is 0 Å². The quantitative estimate of drug-likeness (QED) is 0.517.